The number of nitro groups is 1. The maximum absolute atomic E-state index is 11.5. The number of nitrogens with zero attached hydrogens (tertiary/aromatic N) is 4. The zero-order valence-corrected chi connectivity index (χ0v) is 16.3. The summed E-state index contributed by atoms with van der Waals surface area (Å²) < 4.78 is 1.18. The van der Waals surface area contributed by atoms with Gasteiger partial charge in [-0.25, -0.2) is 9.97 Å². The van der Waals surface area contributed by atoms with Crippen molar-refractivity contribution in [3.05, 3.63) is 62.0 Å². The standard InChI is InChI=1S/C19H17ClN4O2S/c1-12-21-14(18(24(25)26)19(20)22-12)11-15(23-8-4-5-9-23)17-10-13-6-2-3-7-16(13)27-17/h2-3,6-7,10-11H,4-5,8-9H2,1H3/b15-11-. The number of hydrogen-bond acceptors (Lipinski definition) is 6. The lowest BCUT2D eigenvalue weighted by Gasteiger charge is -2.20. The first-order valence-corrected chi connectivity index (χ1v) is 9.86. The largest absolute Gasteiger partial charge is 0.370 e. The van der Waals surface area contributed by atoms with E-state index in [9.17, 15) is 10.1 Å². The van der Waals surface area contributed by atoms with Gasteiger partial charge in [-0.15, -0.1) is 11.3 Å². The number of rotatable bonds is 4. The van der Waals surface area contributed by atoms with Crippen molar-refractivity contribution in [1.82, 2.24) is 14.9 Å². The lowest BCUT2D eigenvalue weighted by molar-refractivity contribution is -0.385. The Kier molecular flexibility index (Phi) is 4.80. The number of halogens is 1. The first kappa shape index (κ1) is 17.9. The van der Waals surface area contributed by atoms with Gasteiger partial charge < -0.3 is 4.90 Å². The van der Waals surface area contributed by atoms with Crippen LogP contribution in [0.5, 0.6) is 0 Å². The van der Waals surface area contributed by atoms with Gasteiger partial charge in [0.2, 0.25) is 5.15 Å². The fourth-order valence-corrected chi connectivity index (χ4v) is 4.73. The van der Waals surface area contributed by atoms with Crippen molar-refractivity contribution < 1.29 is 4.92 Å². The van der Waals surface area contributed by atoms with Crippen LogP contribution in [0.1, 0.15) is 29.2 Å². The highest BCUT2D eigenvalue weighted by Gasteiger charge is 2.25. The van der Waals surface area contributed by atoms with Crippen LogP contribution in [-0.4, -0.2) is 32.9 Å². The fourth-order valence-electron chi connectivity index (χ4n) is 3.34. The number of thiophene rings is 1. The molecule has 6 nitrogen and oxygen atoms in total. The Balaban J connectivity index is 1.90. The molecule has 0 radical (unpaired) electrons. The summed E-state index contributed by atoms with van der Waals surface area (Å²) in [7, 11) is 0. The molecule has 0 unspecified atom stereocenters. The third-order valence-electron chi connectivity index (χ3n) is 4.56. The van der Waals surface area contributed by atoms with Crippen LogP contribution < -0.4 is 0 Å². The van der Waals surface area contributed by atoms with E-state index in [-0.39, 0.29) is 16.5 Å². The second-order valence-corrected chi connectivity index (χ2v) is 7.87. The molecule has 8 heteroatoms. The molecule has 4 rings (SSSR count). The number of fused-ring (bicyclic) bond motifs is 1. The van der Waals surface area contributed by atoms with E-state index in [1.807, 2.05) is 12.1 Å². The van der Waals surface area contributed by atoms with Crippen molar-refractivity contribution in [3.63, 3.8) is 0 Å². The lowest BCUT2D eigenvalue weighted by Crippen LogP contribution is -2.17. The molecule has 1 fully saturated rings. The van der Waals surface area contributed by atoms with Gasteiger partial charge in [-0.05, 0) is 43.4 Å². The SMILES string of the molecule is Cc1nc(Cl)c([N+](=O)[O-])c(/C=C(/c2cc3ccccc3s2)N2CCCC2)n1. The Morgan fingerprint density at radius 1 is 1.30 bits per heavy atom. The Bertz CT molecular complexity index is 1020. The predicted octanol–water partition coefficient (Wildman–Crippen LogP) is 5.16. The third-order valence-corrected chi connectivity index (χ3v) is 5.96. The molecule has 1 aliphatic heterocycles. The molecule has 0 saturated carbocycles. The summed E-state index contributed by atoms with van der Waals surface area (Å²) in [5, 5.41) is 12.6. The van der Waals surface area contributed by atoms with Crippen molar-refractivity contribution in [2.45, 2.75) is 19.8 Å². The van der Waals surface area contributed by atoms with Crippen molar-refractivity contribution in [1.29, 1.82) is 0 Å². The average molecular weight is 401 g/mol. The highest BCUT2D eigenvalue weighted by Crippen LogP contribution is 2.36. The molecule has 3 aromatic rings. The molecule has 0 atom stereocenters. The normalized spacial score (nSPS) is 14.9. The molecule has 0 N–H and O–H groups in total. The second-order valence-electron chi connectivity index (χ2n) is 6.42. The van der Waals surface area contributed by atoms with Crippen molar-refractivity contribution in [3.8, 4) is 0 Å². The van der Waals surface area contributed by atoms with Crippen molar-refractivity contribution >= 4 is 50.5 Å². The Hall–Kier alpha value is -2.51. The van der Waals surface area contributed by atoms with Gasteiger partial charge in [-0.3, -0.25) is 10.1 Å². The summed E-state index contributed by atoms with van der Waals surface area (Å²) in [6.07, 6.45) is 4.00. The lowest BCUT2D eigenvalue weighted by atomic mass is 10.2. The minimum Gasteiger partial charge on any atom is -0.370 e. The Morgan fingerprint density at radius 2 is 2.04 bits per heavy atom. The first-order valence-electron chi connectivity index (χ1n) is 8.67. The van der Waals surface area contributed by atoms with Gasteiger partial charge in [-0.1, -0.05) is 29.8 Å². The summed E-state index contributed by atoms with van der Waals surface area (Å²) in [6, 6.07) is 10.3. The summed E-state index contributed by atoms with van der Waals surface area (Å²) in [4.78, 5) is 22.6. The minimum absolute atomic E-state index is 0.129. The smallest absolute Gasteiger partial charge is 0.331 e. The fraction of sp³-hybridized carbons (Fsp3) is 0.263. The number of aromatic nitrogens is 2. The summed E-state index contributed by atoms with van der Waals surface area (Å²) in [5.41, 5.74) is 0.947. The average Bonchev–Trinajstić information content (AvgIpc) is 3.28. The van der Waals surface area contributed by atoms with Gasteiger partial charge in [-0.2, -0.15) is 0 Å². The third kappa shape index (κ3) is 3.52. The summed E-state index contributed by atoms with van der Waals surface area (Å²) in [6.45, 7) is 3.53. The van der Waals surface area contributed by atoms with E-state index in [0.717, 1.165) is 41.9 Å². The molecule has 3 heterocycles. The van der Waals surface area contributed by atoms with Crippen LogP contribution in [0.3, 0.4) is 0 Å². The van der Waals surface area contributed by atoms with Crippen LogP contribution in [-0.2, 0) is 0 Å². The number of aryl methyl sites for hydroxylation is 1. The molecule has 1 aliphatic rings. The van der Waals surface area contributed by atoms with Crippen LogP contribution in [0.2, 0.25) is 5.15 Å². The summed E-state index contributed by atoms with van der Waals surface area (Å²) >= 11 is 7.73. The first-order chi connectivity index (χ1) is 13.0. The maximum Gasteiger partial charge on any atom is 0.331 e. The van der Waals surface area contributed by atoms with Crippen LogP contribution in [0, 0.1) is 17.0 Å². The van der Waals surface area contributed by atoms with E-state index < -0.39 is 4.92 Å². The molecule has 138 valence electrons. The van der Waals surface area contributed by atoms with E-state index in [2.05, 4.69) is 33.1 Å². The Morgan fingerprint density at radius 3 is 2.74 bits per heavy atom. The quantitative estimate of drug-likeness (QED) is 0.344. The molecule has 27 heavy (non-hydrogen) atoms. The monoisotopic (exact) mass is 400 g/mol. The molecule has 0 amide bonds. The van der Waals surface area contributed by atoms with E-state index in [4.69, 9.17) is 11.6 Å². The van der Waals surface area contributed by atoms with E-state index in [1.54, 1.807) is 24.3 Å². The van der Waals surface area contributed by atoms with Crippen LogP contribution in [0.4, 0.5) is 5.69 Å². The maximum atomic E-state index is 11.5. The highest BCUT2D eigenvalue weighted by molar-refractivity contribution is 7.20. The number of hydrogen-bond donors (Lipinski definition) is 0. The van der Waals surface area contributed by atoms with E-state index in [1.165, 1.54) is 4.70 Å². The van der Waals surface area contributed by atoms with Crippen LogP contribution in [0.15, 0.2) is 30.3 Å². The topological polar surface area (TPSA) is 72.2 Å². The molecule has 0 spiro atoms. The van der Waals surface area contributed by atoms with Crippen molar-refractivity contribution in [2.24, 2.45) is 0 Å². The molecule has 1 aromatic carbocycles. The highest BCUT2D eigenvalue weighted by atomic mass is 35.5. The molecular formula is C19H17ClN4O2S. The number of benzene rings is 1. The molecule has 0 bridgehead atoms. The van der Waals surface area contributed by atoms with Crippen LogP contribution >= 0.6 is 22.9 Å². The van der Waals surface area contributed by atoms with Gasteiger partial charge >= 0.3 is 5.69 Å². The van der Waals surface area contributed by atoms with E-state index in [0.29, 0.717) is 5.82 Å². The van der Waals surface area contributed by atoms with Crippen LogP contribution in [0.25, 0.3) is 21.9 Å². The van der Waals surface area contributed by atoms with Gasteiger partial charge in [0.1, 0.15) is 11.5 Å². The Labute approximate surface area is 165 Å². The zero-order valence-electron chi connectivity index (χ0n) is 14.7. The molecule has 2 aromatic heterocycles. The minimum atomic E-state index is -0.514. The van der Waals surface area contributed by atoms with Gasteiger partial charge in [0.15, 0.2) is 0 Å². The predicted molar refractivity (Wildman–Crippen MR) is 109 cm³/mol. The van der Waals surface area contributed by atoms with Gasteiger partial charge in [0.05, 0.1) is 15.5 Å². The van der Waals surface area contributed by atoms with E-state index >= 15 is 0 Å². The molecular weight excluding hydrogens is 384 g/mol. The van der Waals surface area contributed by atoms with Gasteiger partial charge in [0, 0.05) is 17.8 Å². The molecule has 1 saturated heterocycles. The number of likely N-dealkylation sites (tertiary alicyclic amines) is 1. The van der Waals surface area contributed by atoms with Gasteiger partial charge in [0.25, 0.3) is 0 Å². The summed E-state index contributed by atoms with van der Waals surface area (Å²) in [5.74, 6) is 0.411. The zero-order chi connectivity index (χ0) is 19.0. The second kappa shape index (κ2) is 7.25. The van der Waals surface area contributed by atoms with Crippen molar-refractivity contribution in [2.75, 3.05) is 13.1 Å². The molecule has 0 aliphatic carbocycles.